The van der Waals surface area contributed by atoms with E-state index in [9.17, 15) is 9.59 Å². The van der Waals surface area contributed by atoms with Crippen LogP contribution in [0.2, 0.25) is 10.0 Å². The fraction of sp³-hybridized carbons (Fsp3) is 0.500. The summed E-state index contributed by atoms with van der Waals surface area (Å²) in [5.41, 5.74) is 9.16. The molecule has 2 aliphatic heterocycles. The maximum atomic E-state index is 12.2. The SMILES string of the molecule is NC(=O)CSC1=NNC(SCC(=O)NC[C@H]2CN(Cc3ccc(Cl)c(Cl)c3)CCO2)S1. The number of rotatable bonds is 9. The van der Waals surface area contributed by atoms with E-state index in [1.165, 1.54) is 35.3 Å². The van der Waals surface area contributed by atoms with Gasteiger partial charge in [-0.15, -0.1) is 11.8 Å². The minimum Gasteiger partial charge on any atom is -0.374 e. The molecule has 0 radical (unpaired) electrons. The van der Waals surface area contributed by atoms with Gasteiger partial charge in [0.25, 0.3) is 0 Å². The topological polar surface area (TPSA) is 109 Å². The molecule has 0 aliphatic carbocycles. The first-order valence-corrected chi connectivity index (χ1v) is 13.1. The molecule has 0 aromatic heterocycles. The van der Waals surface area contributed by atoms with Crippen LogP contribution in [0.15, 0.2) is 23.3 Å². The van der Waals surface area contributed by atoms with E-state index in [0.717, 1.165) is 29.6 Å². The highest BCUT2D eigenvalue weighted by Gasteiger charge is 2.23. The van der Waals surface area contributed by atoms with Crippen molar-refractivity contribution in [3.63, 3.8) is 0 Å². The summed E-state index contributed by atoms with van der Waals surface area (Å²) in [6.45, 7) is 3.37. The zero-order valence-electron chi connectivity index (χ0n) is 16.5. The van der Waals surface area contributed by atoms with E-state index < -0.39 is 0 Å². The van der Waals surface area contributed by atoms with E-state index in [4.69, 9.17) is 33.7 Å². The maximum absolute atomic E-state index is 12.2. The summed E-state index contributed by atoms with van der Waals surface area (Å²) < 4.78 is 6.48. The summed E-state index contributed by atoms with van der Waals surface area (Å²) in [4.78, 5) is 25.3. The molecule has 2 amide bonds. The molecule has 0 bridgehead atoms. The number of nitrogens with two attached hydrogens (primary N) is 1. The fourth-order valence-electron chi connectivity index (χ4n) is 2.89. The molecule has 1 saturated heterocycles. The summed E-state index contributed by atoms with van der Waals surface area (Å²) >= 11 is 16.3. The average Bonchev–Trinajstić information content (AvgIpc) is 3.20. The van der Waals surface area contributed by atoms with Gasteiger partial charge in [-0.05, 0) is 17.7 Å². The average molecular weight is 525 g/mol. The summed E-state index contributed by atoms with van der Waals surface area (Å²) in [7, 11) is 0. The smallest absolute Gasteiger partial charge is 0.230 e. The fourth-order valence-corrected chi connectivity index (χ4v) is 6.19. The van der Waals surface area contributed by atoms with Gasteiger partial charge in [0, 0.05) is 26.2 Å². The number of amides is 2. The molecule has 8 nitrogen and oxygen atoms in total. The molecule has 0 saturated carbocycles. The Balaban J connectivity index is 1.33. The Labute approximate surface area is 203 Å². The highest BCUT2D eigenvalue weighted by Crippen LogP contribution is 2.31. The number of carbonyl (C=O) groups is 2. The van der Waals surface area contributed by atoms with E-state index in [0.29, 0.717) is 28.9 Å². The zero-order chi connectivity index (χ0) is 22.2. The molecular formula is C18H23Cl2N5O3S3. The molecule has 0 spiro atoms. The quantitative estimate of drug-likeness (QED) is 0.451. The van der Waals surface area contributed by atoms with Crippen LogP contribution >= 0.6 is 58.5 Å². The predicted molar refractivity (Wildman–Crippen MR) is 131 cm³/mol. The van der Waals surface area contributed by atoms with Gasteiger partial charge in [-0.1, -0.05) is 52.8 Å². The molecule has 1 unspecified atom stereocenters. The van der Waals surface area contributed by atoms with Crippen molar-refractivity contribution in [2.45, 2.75) is 17.4 Å². The Morgan fingerprint density at radius 1 is 1.35 bits per heavy atom. The highest BCUT2D eigenvalue weighted by molar-refractivity contribution is 8.42. The number of carbonyl (C=O) groups excluding carboxylic acids is 2. The molecule has 1 aromatic rings. The van der Waals surface area contributed by atoms with E-state index in [2.05, 4.69) is 20.7 Å². The number of ether oxygens (including phenoxy) is 1. The van der Waals surface area contributed by atoms with Crippen LogP contribution in [0.5, 0.6) is 0 Å². The van der Waals surface area contributed by atoms with Gasteiger partial charge in [-0.25, -0.2) is 0 Å². The summed E-state index contributed by atoms with van der Waals surface area (Å²) in [6.07, 6.45) is -0.0652. The van der Waals surface area contributed by atoms with Crippen LogP contribution in [0.4, 0.5) is 0 Å². The number of halogens is 2. The molecule has 1 aromatic carbocycles. The lowest BCUT2D eigenvalue weighted by Crippen LogP contribution is -2.47. The third kappa shape index (κ3) is 8.56. The zero-order valence-corrected chi connectivity index (χ0v) is 20.5. The van der Waals surface area contributed by atoms with E-state index in [1.54, 1.807) is 6.07 Å². The van der Waals surface area contributed by atoms with Crippen LogP contribution in [0.3, 0.4) is 0 Å². The molecule has 31 heavy (non-hydrogen) atoms. The summed E-state index contributed by atoms with van der Waals surface area (Å²) in [5.74, 6) is 0.0442. The third-order valence-electron chi connectivity index (χ3n) is 4.31. The molecule has 3 rings (SSSR count). The number of nitrogens with zero attached hydrogens (tertiary/aromatic N) is 2. The molecule has 2 atom stereocenters. The molecular weight excluding hydrogens is 501 g/mol. The predicted octanol–water partition coefficient (Wildman–Crippen LogP) is 2.15. The van der Waals surface area contributed by atoms with E-state index in [1.807, 2.05) is 12.1 Å². The number of nitrogens with one attached hydrogen (secondary N) is 2. The maximum Gasteiger partial charge on any atom is 0.230 e. The van der Waals surface area contributed by atoms with Crippen molar-refractivity contribution < 1.29 is 14.3 Å². The van der Waals surface area contributed by atoms with Crippen LogP contribution in [-0.2, 0) is 20.9 Å². The first-order valence-electron chi connectivity index (χ1n) is 9.46. The Morgan fingerprint density at radius 2 is 2.19 bits per heavy atom. The number of hydrogen-bond acceptors (Lipinski definition) is 9. The standard InChI is InChI=1S/C18H23Cl2N5O3S3/c19-13-2-1-11(5-14(13)20)7-25-3-4-28-12(8-25)6-22-16(27)10-30-18-24-23-17(31-18)29-9-15(21)26/h1-2,5,12,18,24H,3-4,6-10H2,(H2,21,26)(H,22,27)/t12-,18?/m0/s1. The molecule has 4 N–H and O–H groups in total. The molecule has 2 heterocycles. The van der Waals surface area contributed by atoms with Gasteiger partial charge in [0.15, 0.2) is 4.38 Å². The lowest BCUT2D eigenvalue weighted by atomic mass is 10.2. The molecule has 170 valence electrons. The van der Waals surface area contributed by atoms with Crippen molar-refractivity contribution in [1.82, 2.24) is 15.6 Å². The minimum absolute atomic E-state index is 0.0594. The number of thioether (sulfide) groups is 3. The van der Waals surface area contributed by atoms with E-state index in [-0.39, 0.29) is 28.4 Å². The summed E-state index contributed by atoms with van der Waals surface area (Å²) in [6, 6.07) is 5.65. The highest BCUT2D eigenvalue weighted by atomic mass is 35.5. The first-order chi connectivity index (χ1) is 14.9. The number of morpholine rings is 1. The van der Waals surface area contributed by atoms with Gasteiger partial charge in [-0.2, -0.15) is 5.10 Å². The Kier molecular flexibility index (Phi) is 9.95. The van der Waals surface area contributed by atoms with Crippen LogP contribution in [0.1, 0.15) is 5.56 Å². The third-order valence-corrected chi connectivity index (χ3v) is 8.61. The van der Waals surface area contributed by atoms with Crippen molar-refractivity contribution in [3.8, 4) is 0 Å². The van der Waals surface area contributed by atoms with Crippen molar-refractivity contribution in [1.29, 1.82) is 0 Å². The largest absolute Gasteiger partial charge is 0.374 e. The van der Waals surface area contributed by atoms with Crippen LogP contribution < -0.4 is 16.5 Å². The Morgan fingerprint density at radius 3 is 2.97 bits per heavy atom. The minimum atomic E-state index is -0.385. The number of hydrogen-bond donors (Lipinski definition) is 3. The van der Waals surface area contributed by atoms with Crippen LogP contribution in [-0.4, -0.2) is 69.6 Å². The van der Waals surface area contributed by atoms with E-state index >= 15 is 0 Å². The second kappa shape index (κ2) is 12.4. The lowest BCUT2D eigenvalue weighted by molar-refractivity contribution is -0.120. The first kappa shape index (κ1) is 24.8. The molecule has 2 aliphatic rings. The normalized spacial score (nSPS) is 21.4. The Bertz CT molecular complexity index is 833. The van der Waals surface area contributed by atoms with Gasteiger partial charge in [-0.3, -0.25) is 19.9 Å². The second-order valence-corrected chi connectivity index (χ2v) is 11.3. The monoisotopic (exact) mass is 523 g/mol. The molecule has 1 fully saturated rings. The summed E-state index contributed by atoms with van der Waals surface area (Å²) in [5, 5.41) is 8.16. The second-order valence-electron chi connectivity index (χ2n) is 6.80. The van der Waals surface area contributed by atoms with Gasteiger partial charge in [0.05, 0.1) is 34.3 Å². The van der Waals surface area contributed by atoms with Crippen molar-refractivity contribution in [3.05, 3.63) is 33.8 Å². The van der Waals surface area contributed by atoms with Gasteiger partial charge >= 0.3 is 0 Å². The van der Waals surface area contributed by atoms with Gasteiger partial charge in [0.2, 0.25) is 11.8 Å². The number of benzene rings is 1. The van der Waals surface area contributed by atoms with Crippen LogP contribution in [0, 0.1) is 0 Å². The van der Waals surface area contributed by atoms with Crippen molar-refractivity contribution in [2.75, 3.05) is 37.7 Å². The molecule has 13 heteroatoms. The van der Waals surface area contributed by atoms with Crippen molar-refractivity contribution in [2.24, 2.45) is 10.8 Å². The van der Waals surface area contributed by atoms with Gasteiger partial charge < -0.3 is 15.8 Å². The van der Waals surface area contributed by atoms with Crippen molar-refractivity contribution >= 4 is 74.7 Å². The van der Waals surface area contributed by atoms with Crippen LogP contribution in [0.25, 0.3) is 0 Å². The van der Waals surface area contributed by atoms with Gasteiger partial charge in [0.1, 0.15) is 4.71 Å². The Hall–Kier alpha value is -0.820. The lowest BCUT2D eigenvalue weighted by Gasteiger charge is -2.33. The number of hydrazone groups is 1. The number of primary amides is 1.